The van der Waals surface area contributed by atoms with Crippen LogP contribution in [0.15, 0.2) is 65.3 Å². The summed E-state index contributed by atoms with van der Waals surface area (Å²) in [6.45, 7) is 2.17. The number of rotatable bonds is 3. The summed E-state index contributed by atoms with van der Waals surface area (Å²) < 4.78 is 32.2. The van der Waals surface area contributed by atoms with Crippen LogP contribution in [0.4, 0.5) is 11.7 Å². The van der Waals surface area contributed by atoms with Crippen molar-refractivity contribution in [2.24, 2.45) is 0 Å². The SMILES string of the molecule is CS(=O)(=O)[N+]1(c2nc(-c3ccccc3)co2)CC2(CCNCC2)c2ccccc21. The van der Waals surface area contributed by atoms with Crippen molar-refractivity contribution in [3.05, 3.63) is 66.4 Å². The third-order valence-electron chi connectivity index (χ3n) is 6.39. The molecule has 0 amide bonds. The maximum atomic E-state index is 13.3. The number of nitrogens with zero attached hydrogens (tertiary/aromatic N) is 2. The lowest BCUT2D eigenvalue weighted by molar-refractivity contribution is 0.284. The van der Waals surface area contributed by atoms with Gasteiger partial charge in [-0.05, 0) is 25.9 Å². The van der Waals surface area contributed by atoms with Gasteiger partial charge in [-0.1, -0.05) is 48.5 Å². The Morgan fingerprint density at radius 2 is 1.72 bits per heavy atom. The molecule has 0 saturated carbocycles. The van der Waals surface area contributed by atoms with Crippen molar-refractivity contribution < 1.29 is 12.8 Å². The van der Waals surface area contributed by atoms with Crippen LogP contribution in [0.3, 0.4) is 0 Å². The molecule has 6 nitrogen and oxygen atoms in total. The lowest BCUT2D eigenvalue weighted by atomic mass is 9.75. The van der Waals surface area contributed by atoms with Crippen LogP contribution >= 0.6 is 0 Å². The zero-order valence-electron chi connectivity index (χ0n) is 16.3. The molecule has 0 bridgehead atoms. The molecule has 1 atom stereocenters. The average molecular weight is 411 g/mol. The molecule has 1 fully saturated rings. The fourth-order valence-electron chi connectivity index (χ4n) is 4.95. The highest BCUT2D eigenvalue weighted by Gasteiger charge is 2.62. The van der Waals surface area contributed by atoms with Gasteiger partial charge in [-0.3, -0.25) is 0 Å². The number of para-hydroxylation sites is 1. The minimum Gasteiger partial charge on any atom is -0.402 e. The zero-order valence-corrected chi connectivity index (χ0v) is 17.2. The highest BCUT2D eigenvalue weighted by Crippen LogP contribution is 2.55. The van der Waals surface area contributed by atoms with Gasteiger partial charge in [-0.2, -0.15) is 13.4 Å². The van der Waals surface area contributed by atoms with Gasteiger partial charge in [0, 0.05) is 17.2 Å². The molecule has 0 radical (unpaired) electrons. The predicted molar refractivity (Wildman–Crippen MR) is 113 cm³/mol. The molecule has 2 aliphatic heterocycles. The van der Waals surface area contributed by atoms with Crippen LogP contribution in [0.25, 0.3) is 11.3 Å². The van der Waals surface area contributed by atoms with E-state index in [-0.39, 0.29) is 15.3 Å². The van der Waals surface area contributed by atoms with Gasteiger partial charge in [0.05, 0.1) is 11.7 Å². The highest BCUT2D eigenvalue weighted by atomic mass is 32.2. The number of aromatic nitrogens is 1. The fourth-order valence-corrected chi connectivity index (χ4v) is 6.31. The molecule has 1 unspecified atom stereocenters. The number of hydrogen-bond donors (Lipinski definition) is 1. The minimum atomic E-state index is -3.61. The van der Waals surface area contributed by atoms with Crippen LogP contribution in [0.5, 0.6) is 0 Å². The van der Waals surface area contributed by atoms with E-state index in [1.54, 1.807) is 6.26 Å². The molecule has 1 aromatic heterocycles. The van der Waals surface area contributed by atoms with E-state index in [4.69, 9.17) is 4.42 Å². The Morgan fingerprint density at radius 1 is 1.03 bits per heavy atom. The van der Waals surface area contributed by atoms with Crippen molar-refractivity contribution in [1.82, 2.24) is 14.2 Å². The molecular weight excluding hydrogens is 386 g/mol. The van der Waals surface area contributed by atoms with E-state index >= 15 is 0 Å². The van der Waals surface area contributed by atoms with Gasteiger partial charge in [0.15, 0.2) is 5.69 Å². The largest absolute Gasteiger partial charge is 0.425 e. The van der Waals surface area contributed by atoms with E-state index in [2.05, 4.69) is 16.4 Å². The standard InChI is InChI=1S/C22H24N3O3S/c1-29(26,27)25(21-24-19(15-28-21)17-7-3-2-4-8-17)16-22(11-13-23-14-12-22)18-9-5-6-10-20(18)25/h2-10,15,23H,11-14,16H2,1H3/q+1. The maximum Gasteiger partial charge on any atom is 0.425 e. The monoisotopic (exact) mass is 410 g/mol. The smallest absolute Gasteiger partial charge is 0.402 e. The van der Waals surface area contributed by atoms with Crippen LogP contribution in [-0.2, 0) is 15.4 Å². The second-order valence-electron chi connectivity index (χ2n) is 8.06. The zero-order chi connectivity index (χ0) is 20.1. The Balaban J connectivity index is 1.73. The van der Waals surface area contributed by atoms with Gasteiger partial charge in [-0.15, -0.1) is 3.89 Å². The molecule has 1 N–H and O–H groups in total. The molecule has 2 aromatic carbocycles. The van der Waals surface area contributed by atoms with Crippen molar-refractivity contribution in [2.45, 2.75) is 18.3 Å². The van der Waals surface area contributed by atoms with E-state index in [0.29, 0.717) is 12.2 Å². The normalized spacial score (nSPS) is 23.2. The van der Waals surface area contributed by atoms with E-state index in [0.717, 1.165) is 42.7 Å². The van der Waals surface area contributed by atoms with E-state index in [9.17, 15) is 8.42 Å². The molecule has 5 rings (SSSR count). The van der Waals surface area contributed by atoms with Crippen molar-refractivity contribution >= 4 is 21.7 Å². The van der Waals surface area contributed by atoms with Gasteiger partial charge < -0.3 is 9.73 Å². The third-order valence-corrected chi connectivity index (χ3v) is 8.00. The molecular formula is C22H24N3O3S+. The van der Waals surface area contributed by atoms with Crippen LogP contribution in [0.2, 0.25) is 0 Å². The summed E-state index contributed by atoms with van der Waals surface area (Å²) in [7, 11) is -3.61. The average Bonchev–Trinajstić information content (AvgIpc) is 3.32. The number of benzene rings is 2. The highest BCUT2D eigenvalue weighted by molar-refractivity contribution is 7.90. The minimum absolute atomic E-state index is 0.202. The summed E-state index contributed by atoms with van der Waals surface area (Å²) in [4.78, 5) is 4.69. The summed E-state index contributed by atoms with van der Waals surface area (Å²) in [5.74, 6) is 0. The first-order valence-electron chi connectivity index (χ1n) is 9.87. The van der Waals surface area contributed by atoms with Crippen molar-refractivity contribution in [3.63, 3.8) is 0 Å². The van der Waals surface area contributed by atoms with Crippen molar-refractivity contribution in [3.8, 4) is 11.3 Å². The number of fused-ring (bicyclic) bond motifs is 2. The Kier molecular flexibility index (Phi) is 4.17. The quantitative estimate of drug-likeness (QED) is 0.669. The summed E-state index contributed by atoms with van der Waals surface area (Å²) in [6.07, 6.45) is 4.64. The predicted octanol–water partition coefficient (Wildman–Crippen LogP) is 3.58. The number of nitrogens with one attached hydrogen (secondary N) is 1. The number of quaternary nitrogens is 1. The number of oxazole rings is 1. The van der Waals surface area contributed by atoms with Gasteiger partial charge in [0.1, 0.15) is 18.5 Å². The Morgan fingerprint density at radius 3 is 2.45 bits per heavy atom. The number of hydrogen-bond acceptors (Lipinski definition) is 5. The molecule has 2 aliphatic rings. The summed E-state index contributed by atoms with van der Waals surface area (Å²) in [5.41, 5.74) is 3.21. The van der Waals surface area contributed by atoms with Gasteiger partial charge >= 0.3 is 16.0 Å². The van der Waals surface area contributed by atoms with E-state index < -0.39 is 10.0 Å². The topological polar surface area (TPSA) is 72.2 Å². The number of sulfonamides is 1. The number of piperidine rings is 1. The Hall–Kier alpha value is -2.48. The Bertz CT molecular complexity index is 1150. The van der Waals surface area contributed by atoms with Crippen LogP contribution in [0.1, 0.15) is 18.4 Å². The molecule has 150 valence electrons. The van der Waals surface area contributed by atoms with Crippen LogP contribution in [-0.4, -0.2) is 39.3 Å². The van der Waals surface area contributed by atoms with Crippen molar-refractivity contribution in [1.29, 1.82) is 0 Å². The second kappa shape index (κ2) is 6.52. The molecule has 1 spiro atoms. The third kappa shape index (κ3) is 2.68. The second-order valence-corrected chi connectivity index (χ2v) is 10.1. The fraction of sp³-hybridized carbons (Fsp3) is 0.318. The van der Waals surface area contributed by atoms with E-state index in [1.807, 2.05) is 48.5 Å². The van der Waals surface area contributed by atoms with Gasteiger partial charge in [0.2, 0.25) is 0 Å². The van der Waals surface area contributed by atoms with Gasteiger partial charge in [0.25, 0.3) is 0 Å². The lowest BCUT2D eigenvalue weighted by Gasteiger charge is -2.34. The first-order valence-corrected chi connectivity index (χ1v) is 11.7. The molecule has 0 aliphatic carbocycles. The first kappa shape index (κ1) is 18.5. The summed E-state index contributed by atoms with van der Waals surface area (Å²) >= 11 is 0. The first-order chi connectivity index (χ1) is 14.0. The Labute approximate surface area is 170 Å². The maximum absolute atomic E-state index is 13.3. The molecule has 3 heterocycles. The lowest BCUT2D eigenvalue weighted by Crippen LogP contribution is -2.53. The van der Waals surface area contributed by atoms with Crippen molar-refractivity contribution in [2.75, 3.05) is 25.9 Å². The molecule has 3 aromatic rings. The van der Waals surface area contributed by atoms with Crippen LogP contribution in [0, 0.1) is 0 Å². The van der Waals surface area contributed by atoms with Crippen LogP contribution < -0.4 is 9.21 Å². The van der Waals surface area contributed by atoms with Gasteiger partial charge in [-0.25, -0.2) is 0 Å². The summed E-state index contributed by atoms with van der Waals surface area (Å²) in [5, 5.41) is 3.40. The molecule has 7 heteroatoms. The summed E-state index contributed by atoms with van der Waals surface area (Å²) in [6, 6.07) is 17.8. The molecule has 29 heavy (non-hydrogen) atoms. The van der Waals surface area contributed by atoms with E-state index in [1.165, 1.54) is 6.26 Å². The molecule has 1 saturated heterocycles.